The van der Waals surface area contributed by atoms with E-state index in [1.165, 1.54) is 56.2 Å². The Balaban J connectivity index is 1.80. The van der Waals surface area contributed by atoms with Crippen LogP contribution in [0.1, 0.15) is 69.5 Å². The van der Waals surface area contributed by atoms with Crippen LogP contribution in [0.3, 0.4) is 0 Å². The van der Waals surface area contributed by atoms with E-state index in [0.29, 0.717) is 6.04 Å². The van der Waals surface area contributed by atoms with E-state index in [2.05, 4.69) is 43.4 Å². The van der Waals surface area contributed by atoms with Gasteiger partial charge in [0, 0.05) is 6.04 Å². The lowest BCUT2D eigenvalue weighted by atomic mass is 9.99. The average molecular weight is 259 g/mol. The molecule has 0 radical (unpaired) electrons. The van der Waals surface area contributed by atoms with Crippen LogP contribution in [0.5, 0.6) is 0 Å². The van der Waals surface area contributed by atoms with Crippen molar-refractivity contribution in [1.82, 2.24) is 5.32 Å². The number of hydrogen-bond donors (Lipinski definition) is 1. The lowest BCUT2D eigenvalue weighted by molar-refractivity contribution is 0.403. The van der Waals surface area contributed by atoms with Gasteiger partial charge in [-0.1, -0.05) is 56.9 Å². The largest absolute Gasteiger partial charge is 0.310 e. The van der Waals surface area contributed by atoms with Crippen LogP contribution in [0, 0.1) is 5.92 Å². The Bertz CT molecular complexity index is 346. The van der Waals surface area contributed by atoms with E-state index >= 15 is 0 Å². The second kappa shape index (κ2) is 7.69. The first-order valence-electron chi connectivity index (χ1n) is 8.12. The molecule has 1 aromatic carbocycles. The summed E-state index contributed by atoms with van der Waals surface area (Å²) in [4.78, 5) is 0. The monoisotopic (exact) mass is 259 g/mol. The molecule has 1 fully saturated rings. The molecule has 0 aromatic heterocycles. The minimum Gasteiger partial charge on any atom is -0.310 e. The van der Waals surface area contributed by atoms with Gasteiger partial charge in [0.05, 0.1) is 0 Å². The van der Waals surface area contributed by atoms with Gasteiger partial charge in [-0.3, -0.25) is 0 Å². The van der Waals surface area contributed by atoms with Crippen LogP contribution in [0.25, 0.3) is 0 Å². The zero-order chi connectivity index (χ0) is 13.5. The fourth-order valence-electron chi connectivity index (χ4n) is 3.07. The smallest absolute Gasteiger partial charge is 0.0291 e. The van der Waals surface area contributed by atoms with E-state index in [0.717, 1.165) is 12.3 Å². The third kappa shape index (κ3) is 4.65. The molecule has 1 heteroatoms. The van der Waals surface area contributed by atoms with Gasteiger partial charge in [0.1, 0.15) is 0 Å². The third-order valence-electron chi connectivity index (χ3n) is 4.58. The summed E-state index contributed by atoms with van der Waals surface area (Å²) in [6, 6.07) is 9.57. The summed E-state index contributed by atoms with van der Waals surface area (Å²) in [7, 11) is 0. The van der Waals surface area contributed by atoms with E-state index in [4.69, 9.17) is 0 Å². The summed E-state index contributed by atoms with van der Waals surface area (Å²) in [5, 5.41) is 3.73. The average Bonchev–Trinajstić information content (AvgIpc) is 2.73. The quantitative estimate of drug-likeness (QED) is 0.744. The first kappa shape index (κ1) is 14.6. The first-order chi connectivity index (χ1) is 9.29. The van der Waals surface area contributed by atoms with Gasteiger partial charge in [0.15, 0.2) is 0 Å². The molecular weight excluding hydrogens is 230 g/mol. The van der Waals surface area contributed by atoms with Crippen LogP contribution >= 0.6 is 0 Å². The molecule has 0 bridgehead atoms. The normalized spacial score (nSPS) is 19.1. The summed E-state index contributed by atoms with van der Waals surface area (Å²) >= 11 is 0. The standard InChI is InChI=1S/C18H29N/c1-3-16-10-12-18(13-11-16)15(2)19-14-17-8-6-4-5-7-9-17/h10-13,15,17,19H,3-9,14H2,1-2H3. The molecule has 1 aliphatic rings. The van der Waals surface area contributed by atoms with E-state index < -0.39 is 0 Å². The number of nitrogens with one attached hydrogen (secondary N) is 1. The number of benzene rings is 1. The van der Waals surface area contributed by atoms with E-state index in [1.807, 2.05) is 0 Å². The highest BCUT2D eigenvalue weighted by Gasteiger charge is 2.13. The van der Waals surface area contributed by atoms with Crippen molar-refractivity contribution in [2.45, 2.75) is 64.8 Å². The Hall–Kier alpha value is -0.820. The zero-order valence-corrected chi connectivity index (χ0v) is 12.6. The van der Waals surface area contributed by atoms with Crippen molar-refractivity contribution in [2.24, 2.45) is 5.92 Å². The minimum absolute atomic E-state index is 0.481. The second-order valence-corrected chi connectivity index (χ2v) is 6.08. The van der Waals surface area contributed by atoms with Gasteiger partial charge < -0.3 is 5.32 Å². The topological polar surface area (TPSA) is 12.0 Å². The lowest BCUT2D eigenvalue weighted by Crippen LogP contribution is -2.25. The molecule has 19 heavy (non-hydrogen) atoms. The predicted octanol–water partition coefficient (Wildman–Crippen LogP) is 4.87. The Labute approximate surface area is 118 Å². The van der Waals surface area contributed by atoms with E-state index in [-0.39, 0.29) is 0 Å². The van der Waals surface area contributed by atoms with Crippen LogP contribution in [0.15, 0.2) is 24.3 Å². The molecule has 0 heterocycles. The molecule has 1 aromatic rings. The predicted molar refractivity (Wildman–Crippen MR) is 83.4 cm³/mol. The van der Waals surface area contributed by atoms with Gasteiger partial charge in [-0.2, -0.15) is 0 Å². The van der Waals surface area contributed by atoms with E-state index in [1.54, 1.807) is 0 Å². The number of aryl methyl sites for hydroxylation is 1. The van der Waals surface area contributed by atoms with Crippen molar-refractivity contribution in [3.05, 3.63) is 35.4 Å². The Morgan fingerprint density at radius 2 is 1.68 bits per heavy atom. The van der Waals surface area contributed by atoms with Crippen molar-refractivity contribution < 1.29 is 0 Å². The highest BCUT2D eigenvalue weighted by molar-refractivity contribution is 5.24. The molecule has 1 N–H and O–H groups in total. The highest BCUT2D eigenvalue weighted by Crippen LogP contribution is 2.23. The Morgan fingerprint density at radius 1 is 1.05 bits per heavy atom. The lowest BCUT2D eigenvalue weighted by Gasteiger charge is -2.20. The van der Waals surface area contributed by atoms with Crippen LogP contribution in [0.2, 0.25) is 0 Å². The van der Waals surface area contributed by atoms with Crippen LogP contribution < -0.4 is 5.32 Å². The highest BCUT2D eigenvalue weighted by atomic mass is 14.9. The summed E-state index contributed by atoms with van der Waals surface area (Å²) in [5.74, 6) is 0.903. The molecule has 106 valence electrons. The van der Waals surface area contributed by atoms with E-state index in [9.17, 15) is 0 Å². The maximum Gasteiger partial charge on any atom is 0.0291 e. The Kier molecular flexibility index (Phi) is 5.91. The summed E-state index contributed by atoms with van der Waals surface area (Å²) in [6.07, 6.45) is 9.75. The molecule has 1 atom stereocenters. The molecule has 1 saturated carbocycles. The first-order valence-corrected chi connectivity index (χ1v) is 8.12. The fraction of sp³-hybridized carbons (Fsp3) is 0.667. The third-order valence-corrected chi connectivity index (χ3v) is 4.58. The van der Waals surface area contributed by atoms with Crippen molar-refractivity contribution in [3.63, 3.8) is 0 Å². The molecule has 2 rings (SSSR count). The van der Waals surface area contributed by atoms with Gasteiger partial charge in [0.25, 0.3) is 0 Å². The second-order valence-electron chi connectivity index (χ2n) is 6.08. The van der Waals surface area contributed by atoms with Crippen LogP contribution in [-0.4, -0.2) is 6.54 Å². The number of hydrogen-bond acceptors (Lipinski definition) is 1. The van der Waals surface area contributed by atoms with Crippen molar-refractivity contribution in [1.29, 1.82) is 0 Å². The molecule has 0 aliphatic heterocycles. The molecule has 1 unspecified atom stereocenters. The SMILES string of the molecule is CCc1ccc(C(C)NCC2CCCCCC2)cc1. The van der Waals surface area contributed by atoms with Gasteiger partial charge in [0.2, 0.25) is 0 Å². The molecule has 0 spiro atoms. The van der Waals surface area contributed by atoms with Crippen molar-refractivity contribution in [2.75, 3.05) is 6.54 Å². The van der Waals surface area contributed by atoms with Gasteiger partial charge in [-0.15, -0.1) is 0 Å². The minimum atomic E-state index is 0.481. The van der Waals surface area contributed by atoms with Gasteiger partial charge in [-0.05, 0) is 49.8 Å². The maximum atomic E-state index is 3.73. The summed E-state index contributed by atoms with van der Waals surface area (Å²) < 4.78 is 0. The Morgan fingerprint density at radius 3 is 2.26 bits per heavy atom. The fourth-order valence-corrected chi connectivity index (χ4v) is 3.07. The molecule has 1 nitrogen and oxygen atoms in total. The molecular formula is C18H29N. The molecule has 1 aliphatic carbocycles. The van der Waals surface area contributed by atoms with Crippen LogP contribution in [-0.2, 0) is 6.42 Å². The summed E-state index contributed by atoms with van der Waals surface area (Å²) in [6.45, 7) is 5.69. The number of rotatable bonds is 5. The van der Waals surface area contributed by atoms with Crippen molar-refractivity contribution in [3.8, 4) is 0 Å². The van der Waals surface area contributed by atoms with Gasteiger partial charge >= 0.3 is 0 Å². The van der Waals surface area contributed by atoms with Crippen molar-refractivity contribution >= 4 is 0 Å². The molecule has 0 amide bonds. The summed E-state index contributed by atoms with van der Waals surface area (Å²) in [5.41, 5.74) is 2.85. The van der Waals surface area contributed by atoms with Gasteiger partial charge in [-0.25, -0.2) is 0 Å². The van der Waals surface area contributed by atoms with Crippen LogP contribution in [0.4, 0.5) is 0 Å². The maximum absolute atomic E-state index is 3.73. The molecule has 0 saturated heterocycles. The zero-order valence-electron chi connectivity index (χ0n) is 12.6.